The summed E-state index contributed by atoms with van der Waals surface area (Å²) >= 11 is 0. The molecular weight excluding hydrogens is 418 g/mol. The number of hydrogen-bond donors (Lipinski definition) is 2. The third-order valence-corrected chi connectivity index (χ3v) is 7.39. The maximum atomic E-state index is 12.6. The summed E-state index contributed by atoms with van der Waals surface area (Å²) in [6, 6.07) is -2.72. The smallest absolute Gasteiger partial charge is 0.336 e. The lowest BCUT2D eigenvalue weighted by atomic mass is 10.2. The van der Waals surface area contributed by atoms with Gasteiger partial charge in [0, 0.05) is 12.6 Å². The van der Waals surface area contributed by atoms with Crippen LogP contribution in [0.5, 0.6) is 0 Å². The Morgan fingerprint density at radius 3 is 1.69 bits per heavy atom. The summed E-state index contributed by atoms with van der Waals surface area (Å²) in [7, 11) is -13.5. The highest BCUT2D eigenvalue weighted by molar-refractivity contribution is 8.09. The van der Waals surface area contributed by atoms with Gasteiger partial charge in [0.15, 0.2) is 4.58 Å². The van der Waals surface area contributed by atoms with E-state index in [1.165, 1.54) is 6.92 Å². The van der Waals surface area contributed by atoms with Gasteiger partial charge in [-0.05, 0) is 20.3 Å². The molecule has 2 amide bonds. The van der Waals surface area contributed by atoms with E-state index in [1.807, 2.05) is 5.32 Å². The molecule has 7 nitrogen and oxygen atoms in total. The van der Waals surface area contributed by atoms with Gasteiger partial charge in [-0.2, -0.15) is 26.3 Å². The molecule has 0 aliphatic rings. The second-order valence-electron chi connectivity index (χ2n) is 5.33. The van der Waals surface area contributed by atoms with E-state index < -0.39 is 53.8 Å². The van der Waals surface area contributed by atoms with Crippen molar-refractivity contribution in [3.8, 4) is 0 Å². The van der Waals surface area contributed by atoms with Crippen LogP contribution in [0.1, 0.15) is 20.3 Å². The molecule has 15 heteroatoms. The van der Waals surface area contributed by atoms with Crippen LogP contribution in [0.15, 0.2) is 12.2 Å². The second kappa shape index (κ2) is 8.02. The molecule has 0 aromatic heterocycles. The Kier molecular flexibility index (Phi) is 7.55. The van der Waals surface area contributed by atoms with Crippen molar-refractivity contribution in [3.05, 3.63) is 12.2 Å². The van der Waals surface area contributed by atoms with Gasteiger partial charge in [-0.3, -0.25) is 0 Å². The van der Waals surface area contributed by atoms with Crippen molar-refractivity contribution < 1.29 is 48.0 Å². The molecule has 0 aromatic carbocycles. The van der Waals surface area contributed by atoms with Gasteiger partial charge in [0.1, 0.15) is 0 Å². The molecule has 0 aliphatic carbocycles. The Morgan fingerprint density at radius 1 is 1.00 bits per heavy atom. The van der Waals surface area contributed by atoms with Crippen molar-refractivity contribution >= 4 is 25.7 Å². The van der Waals surface area contributed by atoms with Gasteiger partial charge in [0.05, 0.1) is 0 Å². The fourth-order valence-electron chi connectivity index (χ4n) is 1.57. The van der Waals surface area contributed by atoms with Gasteiger partial charge in [-0.25, -0.2) is 21.6 Å². The Hall–Kier alpha value is -1.51. The van der Waals surface area contributed by atoms with Crippen LogP contribution in [0.4, 0.5) is 31.1 Å². The molecule has 0 saturated heterocycles. The first-order chi connectivity index (χ1) is 11.3. The molecule has 2 N–H and O–H groups in total. The number of sulfone groups is 2. The third kappa shape index (κ3) is 6.03. The number of carbonyl (C=O) groups excluding carboxylic acids is 1. The molecule has 0 saturated carbocycles. The van der Waals surface area contributed by atoms with Gasteiger partial charge in [0.2, 0.25) is 0 Å². The highest BCUT2D eigenvalue weighted by Crippen LogP contribution is 2.38. The third-order valence-electron chi connectivity index (χ3n) is 2.81. The summed E-state index contributed by atoms with van der Waals surface area (Å²) in [5.74, 6) is 0. The van der Waals surface area contributed by atoms with Gasteiger partial charge >= 0.3 is 17.0 Å². The maximum Gasteiger partial charge on any atom is 0.498 e. The van der Waals surface area contributed by atoms with E-state index in [-0.39, 0.29) is 6.54 Å². The van der Waals surface area contributed by atoms with Crippen LogP contribution < -0.4 is 10.6 Å². The largest absolute Gasteiger partial charge is 0.498 e. The topological polar surface area (TPSA) is 109 Å². The van der Waals surface area contributed by atoms with Crippen molar-refractivity contribution in [1.29, 1.82) is 0 Å². The minimum atomic E-state index is -6.73. The summed E-state index contributed by atoms with van der Waals surface area (Å²) in [5, 5.41) is 3.99. The Bertz CT molecular complexity index is 698. The van der Waals surface area contributed by atoms with Crippen LogP contribution in [0.25, 0.3) is 0 Å². The van der Waals surface area contributed by atoms with E-state index >= 15 is 0 Å². The average Bonchev–Trinajstić information content (AvgIpc) is 2.39. The fourth-order valence-corrected chi connectivity index (χ4v) is 5.24. The highest BCUT2D eigenvalue weighted by Gasteiger charge is 2.62. The first kappa shape index (κ1) is 24.5. The molecule has 0 aliphatic heterocycles. The summed E-state index contributed by atoms with van der Waals surface area (Å²) in [6.45, 7) is 5.70. The molecule has 0 bridgehead atoms. The van der Waals surface area contributed by atoms with Gasteiger partial charge in [-0.1, -0.05) is 12.2 Å². The molecule has 0 spiro atoms. The second-order valence-corrected chi connectivity index (χ2v) is 9.87. The zero-order chi connectivity index (χ0) is 21.1. The molecule has 1 atom stereocenters. The zero-order valence-electron chi connectivity index (χ0n) is 13.4. The van der Waals surface area contributed by atoms with Crippen LogP contribution >= 0.6 is 0 Å². The predicted molar refractivity (Wildman–Crippen MR) is 79.2 cm³/mol. The summed E-state index contributed by atoms with van der Waals surface area (Å²) < 4.78 is 117. The number of urea groups is 1. The SMILES string of the molecule is C=C(C)CNC(=O)NC(C)CC(S(=O)(=O)C(F)(F)F)S(=O)(=O)C(F)(F)F. The predicted octanol–water partition coefficient (Wildman–Crippen LogP) is 1.84. The maximum absolute atomic E-state index is 12.6. The van der Waals surface area contributed by atoms with Crippen molar-refractivity contribution in [1.82, 2.24) is 10.6 Å². The Labute approximate surface area is 145 Å². The Morgan fingerprint density at radius 2 is 1.38 bits per heavy atom. The monoisotopic (exact) mass is 434 g/mol. The van der Waals surface area contributed by atoms with E-state index in [2.05, 4.69) is 11.9 Å². The van der Waals surface area contributed by atoms with Crippen molar-refractivity contribution in [3.63, 3.8) is 0 Å². The van der Waals surface area contributed by atoms with E-state index in [1.54, 1.807) is 0 Å². The standard InChI is InChI=1S/C11H16F6N2O5S2/c1-6(2)5-18-9(20)19-7(3)4-8(25(21,22)10(12,13)14)26(23,24)11(15,16)17/h7-8H,1,4-5H2,2-3H3,(H2,18,19,20). The van der Waals surface area contributed by atoms with Crippen molar-refractivity contribution in [2.75, 3.05) is 6.54 Å². The van der Waals surface area contributed by atoms with Gasteiger partial charge in [-0.15, -0.1) is 0 Å². The molecule has 154 valence electrons. The zero-order valence-corrected chi connectivity index (χ0v) is 15.0. The quantitative estimate of drug-likeness (QED) is 0.470. The molecule has 0 rings (SSSR count). The van der Waals surface area contributed by atoms with Crippen LogP contribution in [0.2, 0.25) is 0 Å². The van der Waals surface area contributed by atoms with E-state index in [0.717, 1.165) is 6.92 Å². The molecule has 26 heavy (non-hydrogen) atoms. The van der Waals surface area contributed by atoms with Crippen LogP contribution in [0.3, 0.4) is 0 Å². The number of halogens is 6. The van der Waals surface area contributed by atoms with Gasteiger partial charge in [0.25, 0.3) is 19.7 Å². The number of alkyl halides is 6. The van der Waals surface area contributed by atoms with E-state index in [0.29, 0.717) is 5.57 Å². The number of nitrogens with one attached hydrogen (secondary N) is 2. The minimum absolute atomic E-state index is 0.0797. The van der Waals surface area contributed by atoms with Crippen LogP contribution in [-0.4, -0.2) is 51.1 Å². The van der Waals surface area contributed by atoms with Crippen molar-refractivity contribution in [2.45, 2.75) is 41.9 Å². The molecule has 0 radical (unpaired) electrons. The highest BCUT2D eigenvalue weighted by atomic mass is 32.3. The molecule has 0 aromatic rings. The van der Waals surface area contributed by atoms with Crippen LogP contribution in [0, 0.1) is 0 Å². The Balaban J connectivity index is 5.67. The summed E-state index contributed by atoms with van der Waals surface area (Å²) in [5.41, 5.74) is -12.0. The number of amides is 2. The summed E-state index contributed by atoms with van der Waals surface area (Å²) in [4.78, 5) is 11.4. The number of carbonyl (C=O) groups is 1. The van der Waals surface area contributed by atoms with E-state index in [9.17, 15) is 48.0 Å². The molecule has 0 fully saturated rings. The molecule has 0 heterocycles. The minimum Gasteiger partial charge on any atom is -0.336 e. The number of hydrogen-bond acceptors (Lipinski definition) is 5. The lowest BCUT2D eigenvalue weighted by Gasteiger charge is -2.24. The van der Waals surface area contributed by atoms with Gasteiger partial charge < -0.3 is 10.6 Å². The summed E-state index contributed by atoms with van der Waals surface area (Å²) in [6.07, 6.45) is -1.66. The molecular formula is C11H16F6N2O5S2. The lowest BCUT2D eigenvalue weighted by molar-refractivity contribution is -0.0473. The first-order valence-electron chi connectivity index (χ1n) is 6.63. The van der Waals surface area contributed by atoms with E-state index in [4.69, 9.17) is 0 Å². The normalized spacial score (nSPS) is 14.8. The van der Waals surface area contributed by atoms with Crippen molar-refractivity contribution in [2.24, 2.45) is 0 Å². The lowest BCUT2D eigenvalue weighted by Crippen LogP contribution is -2.49. The fraction of sp³-hybridized carbons (Fsp3) is 0.727. The molecule has 1 unspecified atom stereocenters. The average molecular weight is 434 g/mol. The number of rotatable bonds is 7. The van der Waals surface area contributed by atoms with Crippen LogP contribution in [-0.2, 0) is 19.7 Å². The first-order valence-corrected chi connectivity index (χ1v) is 9.72.